The third kappa shape index (κ3) is 6.20. The normalized spacial score (nSPS) is 14.1. The molecule has 3 aromatic carbocycles. The number of nitriles is 1. The van der Waals surface area contributed by atoms with Crippen molar-refractivity contribution >= 4 is 63.8 Å². The number of hydrogen-bond acceptors (Lipinski definition) is 6. The van der Waals surface area contributed by atoms with Crippen molar-refractivity contribution in [3.8, 4) is 11.8 Å². The van der Waals surface area contributed by atoms with Crippen molar-refractivity contribution in [3.05, 3.63) is 97.4 Å². The first-order valence-corrected chi connectivity index (χ1v) is 13.0. The van der Waals surface area contributed by atoms with Crippen molar-refractivity contribution in [1.29, 1.82) is 5.26 Å². The summed E-state index contributed by atoms with van der Waals surface area (Å²) in [6, 6.07) is 17.7. The Bertz CT molecular complexity index is 1510. The second-order valence-electron chi connectivity index (χ2n) is 8.49. The van der Waals surface area contributed by atoms with E-state index in [9.17, 15) is 19.6 Å². The molecule has 0 aromatic heterocycles. The van der Waals surface area contributed by atoms with Crippen molar-refractivity contribution in [2.45, 2.75) is 20.5 Å². The molecule has 3 aromatic rings. The largest absolute Gasteiger partial charge is 0.486 e. The maximum Gasteiger partial charge on any atom is 0.294 e. The number of nitrogens with one attached hydrogen (secondary N) is 1. The van der Waals surface area contributed by atoms with Gasteiger partial charge in [-0.2, -0.15) is 5.26 Å². The maximum atomic E-state index is 12.9. The van der Waals surface area contributed by atoms with Gasteiger partial charge in [0.15, 0.2) is 5.75 Å². The average molecular weight is 566 g/mol. The molecule has 0 aliphatic carbocycles. The van der Waals surface area contributed by atoms with Crippen LogP contribution in [0.15, 0.2) is 59.5 Å². The van der Waals surface area contributed by atoms with Gasteiger partial charge in [-0.1, -0.05) is 47.5 Å². The predicted octanol–water partition coefficient (Wildman–Crippen LogP) is 6.74. The Morgan fingerprint density at radius 3 is 2.47 bits per heavy atom. The summed E-state index contributed by atoms with van der Waals surface area (Å²) in [7, 11) is 0. The zero-order chi connectivity index (χ0) is 27.4. The quantitative estimate of drug-likeness (QED) is 0.318. The lowest BCUT2D eigenvalue weighted by Gasteiger charge is -2.13. The van der Waals surface area contributed by atoms with E-state index >= 15 is 0 Å². The van der Waals surface area contributed by atoms with E-state index in [1.54, 1.807) is 42.5 Å². The second kappa shape index (κ2) is 11.7. The number of imide groups is 1. The van der Waals surface area contributed by atoms with Gasteiger partial charge in [0, 0.05) is 11.3 Å². The van der Waals surface area contributed by atoms with Crippen LogP contribution in [0.5, 0.6) is 5.75 Å². The van der Waals surface area contributed by atoms with Gasteiger partial charge >= 0.3 is 0 Å². The lowest BCUT2D eigenvalue weighted by molar-refractivity contribution is -0.127. The van der Waals surface area contributed by atoms with Crippen LogP contribution in [0.25, 0.3) is 6.08 Å². The minimum Gasteiger partial charge on any atom is -0.486 e. The lowest BCUT2D eigenvalue weighted by Crippen LogP contribution is -2.36. The second-order valence-corrected chi connectivity index (χ2v) is 10.3. The Kier molecular flexibility index (Phi) is 8.42. The third-order valence-electron chi connectivity index (χ3n) is 5.79. The Morgan fingerprint density at radius 1 is 1.08 bits per heavy atom. The minimum atomic E-state index is -0.587. The van der Waals surface area contributed by atoms with Crippen LogP contribution in [0.3, 0.4) is 0 Å². The highest BCUT2D eigenvalue weighted by atomic mass is 35.5. The Morgan fingerprint density at radius 2 is 1.79 bits per heavy atom. The van der Waals surface area contributed by atoms with Gasteiger partial charge in [-0.25, -0.2) is 0 Å². The van der Waals surface area contributed by atoms with Gasteiger partial charge < -0.3 is 10.1 Å². The van der Waals surface area contributed by atoms with Crippen molar-refractivity contribution in [2.75, 3.05) is 11.9 Å². The number of halogens is 2. The van der Waals surface area contributed by atoms with Gasteiger partial charge in [-0.3, -0.25) is 19.3 Å². The van der Waals surface area contributed by atoms with Crippen molar-refractivity contribution in [1.82, 2.24) is 4.90 Å². The number of rotatable bonds is 7. The summed E-state index contributed by atoms with van der Waals surface area (Å²) in [5.41, 5.74) is 4.33. The number of carbonyl (C=O) groups excluding carboxylic acids is 3. The fourth-order valence-electron chi connectivity index (χ4n) is 3.66. The topological polar surface area (TPSA) is 99.5 Å². The van der Waals surface area contributed by atoms with Gasteiger partial charge in [-0.15, -0.1) is 0 Å². The molecule has 3 amide bonds. The molecule has 7 nitrogen and oxygen atoms in total. The van der Waals surface area contributed by atoms with E-state index in [1.807, 2.05) is 26.0 Å². The molecule has 1 aliphatic heterocycles. The summed E-state index contributed by atoms with van der Waals surface area (Å²) < 4.78 is 5.77. The Balaban J connectivity index is 1.45. The summed E-state index contributed by atoms with van der Waals surface area (Å²) in [6.45, 7) is 3.57. The number of thioether (sulfide) groups is 1. The van der Waals surface area contributed by atoms with Crippen LogP contribution >= 0.6 is 35.0 Å². The first kappa shape index (κ1) is 27.3. The summed E-state index contributed by atoms with van der Waals surface area (Å²) in [6.07, 6.45) is 1.48. The number of amides is 3. The number of aryl methyl sites for hydroxylation is 2. The Labute approximate surface area is 234 Å². The van der Waals surface area contributed by atoms with E-state index < -0.39 is 23.6 Å². The first-order chi connectivity index (χ1) is 18.2. The maximum absolute atomic E-state index is 12.9. The molecule has 4 rings (SSSR count). The molecule has 1 N–H and O–H groups in total. The molecule has 192 valence electrons. The molecule has 10 heteroatoms. The summed E-state index contributed by atoms with van der Waals surface area (Å²) >= 11 is 13.5. The first-order valence-electron chi connectivity index (χ1n) is 11.4. The molecule has 0 spiro atoms. The minimum absolute atomic E-state index is 0.0889. The number of nitrogens with zero attached hydrogens (tertiary/aromatic N) is 2. The van der Waals surface area contributed by atoms with Gasteiger partial charge in [0.2, 0.25) is 5.91 Å². The van der Waals surface area contributed by atoms with Crippen LogP contribution in [-0.2, 0) is 16.2 Å². The molecule has 38 heavy (non-hydrogen) atoms. The van der Waals surface area contributed by atoms with Crippen LogP contribution in [0.4, 0.5) is 10.5 Å². The van der Waals surface area contributed by atoms with Crippen molar-refractivity contribution < 1.29 is 19.1 Å². The molecule has 0 saturated carbocycles. The van der Waals surface area contributed by atoms with Gasteiger partial charge in [-0.05, 0) is 78.7 Å². The molecule has 0 radical (unpaired) electrons. The highest BCUT2D eigenvalue weighted by Crippen LogP contribution is 2.38. The Hall–Kier alpha value is -3.77. The molecule has 0 atom stereocenters. The molecular formula is C28H21Cl2N3O4S. The van der Waals surface area contributed by atoms with E-state index in [1.165, 1.54) is 6.08 Å². The van der Waals surface area contributed by atoms with E-state index in [0.29, 0.717) is 22.4 Å². The van der Waals surface area contributed by atoms with Crippen molar-refractivity contribution in [2.24, 2.45) is 0 Å². The molecule has 1 aliphatic rings. The highest BCUT2D eigenvalue weighted by molar-refractivity contribution is 8.18. The summed E-state index contributed by atoms with van der Waals surface area (Å²) in [4.78, 5) is 38.9. The van der Waals surface area contributed by atoms with E-state index in [2.05, 4.69) is 11.4 Å². The number of carbonyl (C=O) groups is 3. The van der Waals surface area contributed by atoms with Gasteiger partial charge in [0.05, 0.1) is 26.6 Å². The van der Waals surface area contributed by atoms with Crippen LogP contribution in [0.2, 0.25) is 10.0 Å². The zero-order valence-corrected chi connectivity index (χ0v) is 22.7. The number of ether oxygens (including phenoxy) is 1. The van der Waals surface area contributed by atoms with Crippen LogP contribution < -0.4 is 10.1 Å². The van der Waals surface area contributed by atoms with Crippen LogP contribution in [0.1, 0.15) is 27.8 Å². The molecule has 0 unspecified atom stereocenters. The molecule has 1 saturated heterocycles. The van der Waals surface area contributed by atoms with E-state index in [4.69, 9.17) is 27.9 Å². The summed E-state index contributed by atoms with van der Waals surface area (Å²) in [5, 5.41) is 11.8. The average Bonchev–Trinajstić information content (AvgIpc) is 3.13. The van der Waals surface area contributed by atoms with E-state index in [-0.39, 0.29) is 27.3 Å². The fraction of sp³-hybridized carbons (Fsp3) is 0.143. The molecule has 1 fully saturated rings. The fourth-order valence-corrected chi connectivity index (χ4v) is 5.11. The molecular weight excluding hydrogens is 545 g/mol. The smallest absolute Gasteiger partial charge is 0.294 e. The SMILES string of the molecule is Cc1ccc(NC(=O)CN2C(=O)S/C(=C/c3cc(Cl)c(OCc4ccccc4C#N)c(Cl)c3)C2=O)cc1C. The molecule has 1 heterocycles. The standard InChI is InChI=1S/C28H21Cl2N3O4S/c1-16-7-8-21(9-17(16)2)32-25(34)14-33-27(35)24(38-28(33)36)12-18-10-22(29)26(23(30)11-18)37-15-20-6-4-3-5-19(20)13-31/h3-12H,14-15H2,1-2H3,(H,32,34)/b24-12+. The zero-order valence-electron chi connectivity index (χ0n) is 20.4. The predicted molar refractivity (Wildman–Crippen MR) is 149 cm³/mol. The van der Waals surface area contributed by atoms with E-state index in [0.717, 1.165) is 27.8 Å². The third-order valence-corrected chi connectivity index (χ3v) is 7.26. The number of anilines is 1. The highest BCUT2D eigenvalue weighted by Gasteiger charge is 2.36. The van der Waals surface area contributed by atoms with Crippen molar-refractivity contribution in [3.63, 3.8) is 0 Å². The monoisotopic (exact) mass is 565 g/mol. The van der Waals surface area contributed by atoms with Gasteiger partial charge in [0.1, 0.15) is 13.2 Å². The number of benzene rings is 3. The van der Waals surface area contributed by atoms with Crippen LogP contribution in [-0.4, -0.2) is 28.5 Å². The summed E-state index contributed by atoms with van der Waals surface area (Å²) in [5.74, 6) is -0.840. The van der Waals surface area contributed by atoms with Gasteiger partial charge in [0.25, 0.3) is 11.1 Å². The molecule has 0 bridgehead atoms. The number of hydrogen-bond donors (Lipinski definition) is 1. The van der Waals surface area contributed by atoms with Crippen LogP contribution in [0, 0.1) is 25.2 Å². The lowest BCUT2D eigenvalue weighted by atomic mass is 10.1.